The molecule has 0 amide bonds. The average Bonchev–Trinajstić information content (AvgIpc) is 2.76. The van der Waals surface area contributed by atoms with Crippen molar-refractivity contribution >= 4 is 5.82 Å². The first kappa shape index (κ1) is 14.0. The van der Waals surface area contributed by atoms with Crippen molar-refractivity contribution < 1.29 is 8.78 Å². The SMILES string of the molecule is Cn1nc(C2CCC(F)(F)CC2)c(-c2cccnc2)c1N. The van der Waals surface area contributed by atoms with E-state index in [1.54, 1.807) is 24.1 Å². The molecule has 1 aliphatic carbocycles. The number of alkyl halides is 2. The van der Waals surface area contributed by atoms with E-state index >= 15 is 0 Å². The minimum absolute atomic E-state index is 0.0309. The molecule has 2 N–H and O–H groups in total. The van der Waals surface area contributed by atoms with Gasteiger partial charge in [0.2, 0.25) is 5.92 Å². The van der Waals surface area contributed by atoms with Crippen LogP contribution in [0.2, 0.25) is 0 Å². The Bertz CT molecular complexity index is 627. The molecule has 4 nitrogen and oxygen atoms in total. The highest BCUT2D eigenvalue weighted by Crippen LogP contribution is 2.44. The van der Waals surface area contributed by atoms with Gasteiger partial charge in [-0.1, -0.05) is 6.07 Å². The van der Waals surface area contributed by atoms with Crippen molar-refractivity contribution in [1.82, 2.24) is 14.8 Å². The van der Waals surface area contributed by atoms with Gasteiger partial charge in [0.25, 0.3) is 0 Å². The smallest absolute Gasteiger partial charge is 0.248 e. The van der Waals surface area contributed by atoms with Gasteiger partial charge in [-0.05, 0) is 18.9 Å². The van der Waals surface area contributed by atoms with Crippen molar-refractivity contribution in [3.05, 3.63) is 30.2 Å². The lowest BCUT2D eigenvalue weighted by Crippen LogP contribution is -2.24. The number of hydrogen-bond acceptors (Lipinski definition) is 3. The Balaban J connectivity index is 1.98. The second-order valence-electron chi connectivity index (χ2n) is 5.64. The fraction of sp³-hybridized carbons (Fsp3) is 0.467. The Morgan fingerprint density at radius 3 is 2.67 bits per heavy atom. The summed E-state index contributed by atoms with van der Waals surface area (Å²) in [7, 11) is 1.77. The van der Waals surface area contributed by atoms with E-state index in [1.165, 1.54) is 0 Å². The van der Waals surface area contributed by atoms with Crippen LogP contribution < -0.4 is 5.73 Å². The van der Waals surface area contributed by atoms with Crippen LogP contribution in [0.15, 0.2) is 24.5 Å². The molecule has 21 heavy (non-hydrogen) atoms. The van der Waals surface area contributed by atoms with Crippen LogP contribution >= 0.6 is 0 Å². The molecule has 0 bridgehead atoms. The van der Waals surface area contributed by atoms with Crippen LogP contribution in [-0.4, -0.2) is 20.7 Å². The molecule has 0 aliphatic heterocycles. The monoisotopic (exact) mass is 292 g/mol. The Morgan fingerprint density at radius 2 is 2.05 bits per heavy atom. The highest BCUT2D eigenvalue weighted by atomic mass is 19.3. The highest BCUT2D eigenvalue weighted by molar-refractivity contribution is 5.76. The third-order valence-electron chi connectivity index (χ3n) is 4.17. The highest BCUT2D eigenvalue weighted by Gasteiger charge is 2.37. The molecule has 0 radical (unpaired) electrons. The van der Waals surface area contributed by atoms with Gasteiger partial charge in [-0.3, -0.25) is 9.67 Å². The molecule has 2 aromatic heterocycles. The summed E-state index contributed by atoms with van der Waals surface area (Å²) >= 11 is 0. The predicted octanol–water partition coefficient (Wildman–Crippen LogP) is 3.36. The largest absolute Gasteiger partial charge is 0.383 e. The number of nitrogens with two attached hydrogens (primary N) is 1. The van der Waals surface area contributed by atoms with E-state index in [0.29, 0.717) is 18.7 Å². The van der Waals surface area contributed by atoms with Gasteiger partial charge >= 0.3 is 0 Å². The van der Waals surface area contributed by atoms with Gasteiger partial charge in [-0.25, -0.2) is 8.78 Å². The van der Waals surface area contributed by atoms with E-state index < -0.39 is 5.92 Å². The summed E-state index contributed by atoms with van der Waals surface area (Å²) in [5.74, 6) is -1.95. The van der Waals surface area contributed by atoms with Gasteiger partial charge in [0.15, 0.2) is 0 Å². The van der Waals surface area contributed by atoms with E-state index in [-0.39, 0.29) is 18.8 Å². The molecule has 1 aliphatic rings. The molecule has 0 saturated heterocycles. The normalized spacial score (nSPS) is 18.8. The number of hydrogen-bond donors (Lipinski definition) is 1. The Morgan fingerprint density at radius 1 is 1.33 bits per heavy atom. The van der Waals surface area contributed by atoms with Crippen LogP contribution in [0.1, 0.15) is 37.3 Å². The Labute approximate surface area is 122 Å². The molecule has 0 aromatic carbocycles. The van der Waals surface area contributed by atoms with Gasteiger partial charge in [-0.15, -0.1) is 0 Å². The summed E-state index contributed by atoms with van der Waals surface area (Å²) in [6, 6.07) is 3.75. The van der Waals surface area contributed by atoms with Gasteiger partial charge in [0, 0.05) is 49.3 Å². The summed E-state index contributed by atoms with van der Waals surface area (Å²) in [6.45, 7) is 0. The van der Waals surface area contributed by atoms with Crippen LogP contribution in [0.5, 0.6) is 0 Å². The predicted molar refractivity (Wildman–Crippen MR) is 77.0 cm³/mol. The third-order valence-corrected chi connectivity index (χ3v) is 4.17. The molecule has 1 saturated carbocycles. The van der Waals surface area contributed by atoms with Crippen LogP contribution in [0.3, 0.4) is 0 Å². The number of nitrogens with zero attached hydrogens (tertiary/aromatic N) is 3. The number of aryl methyl sites for hydroxylation is 1. The van der Waals surface area contributed by atoms with E-state index in [2.05, 4.69) is 10.1 Å². The van der Waals surface area contributed by atoms with E-state index in [4.69, 9.17) is 5.73 Å². The number of halogens is 2. The van der Waals surface area contributed by atoms with Crippen molar-refractivity contribution in [2.45, 2.75) is 37.5 Å². The molecule has 0 atom stereocenters. The van der Waals surface area contributed by atoms with Gasteiger partial charge in [-0.2, -0.15) is 5.10 Å². The van der Waals surface area contributed by atoms with Crippen molar-refractivity contribution in [3.8, 4) is 11.1 Å². The van der Waals surface area contributed by atoms with Gasteiger partial charge < -0.3 is 5.73 Å². The number of pyridine rings is 1. The molecule has 6 heteroatoms. The summed E-state index contributed by atoms with van der Waals surface area (Å²) < 4.78 is 28.3. The van der Waals surface area contributed by atoms with Gasteiger partial charge in [0.05, 0.1) is 5.69 Å². The van der Waals surface area contributed by atoms with Crippen molar-refractivity contribution in [2.24, 2.45) is 7.05 Å². The fourth-order valence-electron chi connectivity index (χ4n) is 2.96. The molecule has 3 rings (SSSR count). The van der Waals surface area contributed by atoms with Crippen molar-refractivity contribution in [1.29, 1.82) is 0 Å². The standard InChI is InChI=1S/C15H18F2N4/c1-21-14(18)12(11-3-2-8-19-9-11)13(20-21)10-4-6-15(16,17)7-5-10/h2-3,8-10H,4-7,18H2,1H3. The zero-order valence-corrected chi connectivity index (χ0v) is 11.9. The lowest BCUT2D eigenvalue weighted by atomic mass is 9.83. The zero-order chi connectivity index (χ0) is 15.0. The topological polar surface area (TPSA) is 56.7 Å². The molecular weight excluding hydrogens is 274 g/mol. The molecule has 112 valence electrons. The van der Waals surface area contributed by atoms with Crippen LogP contribution in [-0.2, 0) is 7.05 Å². The number of rotatable bonds is 2. The van der Waals surface area contributed by atoms with Crippen molar-refractivity contribution in [3.63, 3.8) is 0 Å². The minimum Gasteiger partial charge on any atom is -0.383 e. The van der Waals surface area contributed by atoms with E-state index in [1.807, 2.05) is 12.1 Å². The lowest BCUT2D eigenvalue weighted by Gasteiger charge is -2.27. The van der Waals surface area contributed by atoms with Crippen LogP contribution in [0.25, 0.3) is 11.1 Å². The summed E-state index contributed by atoms with van der Waals surface area (Å²) in [6.07, 6.45) is 4.14. The first-order chi connectivity index (χ1) is 9.98. The molecular formula is C15H18F2N4. The lowest BCUT2D eigenvalue weighted by molar-refractivity contribution is -0.0384. The number of anilines is 1. The fourth-order valence-corrected chi connectivity index (χ4v) is 2.96. The molecule has 1 fully saturated rings. The molecule has 2 aromatic rings. The summed E-state index contributed by atoms with van der Waals surface area (Å²) in [5, 5.41) is 4.48. The molecule has 0 spiro atoms. The maximum absolute atomic E-state index is 13.3. The van der Waals surface area contributed by atoms with Crippen LogP contribution in [0.4, 0.5) is 14.6 Å². The molecule has 2 heterocycles. The zero-order valence-electron chi connectivity index (χ0n) is 11.9. The third kappa shape index (κ3) is 2.62. The Hall–Kier alpha value is -1.98. The average molecular weight is 292 g/mol. The first-order valence-corrected chi connectivity index (χ1v) is 7.08. The quantitative estimate of drug-likeness (QED) is 0.923. The Kier molecular flexibility index (Phi) is 3.39. The van der Waals surface area contributed by atoms with E-state index in [0.717, 1.165) is 16.8 Å². The number of aromatic nitrogens is 3. The maximum atomic E-state index is 13.3. The van der Waals surface area contributed by atoms with Gasteiger partial charge in [0.1, 0.15) is 5.82 Å². The molecule has 0 unspecified atom stereocenters. The first-order valence-electron chi connectivity index (χ1n) is 7.08. The maximum Gasteiger partial charge on any atom is 0.248 e. The van der Waals surface area contributed by atoms with E-state index in [9.17, 15) is 8.78 Å². The second kappa shape index (κ2) is 5.09. The van der Waals surface area contributed by atoms with Crippen molar-refractivity contribution in [2.75, 3.05) is 5.73 Å². The number of nitrogen functional groups attached to an aromatic ring is 1. The van der Waals surface area contributed by atoms with Crippen LogP contribution in [0, 0.1) is 0 Å². The minimum atomic E-state index is -2.54. The second-order valence-corrected chi connectivity index (χ2v) is 5.64. The summed E-state index contributed by atoms with van der Waals surface area (Å²) in [5.41, 5.74) is 8.66. The summed E-state index contributed by atoms with van der Waals surface area (Å²) in [4.78, 5) is 4.11.